The predicted octanol–water partition coefficient (Wildman–Crippen LogP) is 1.55. The van der Waals surface area contributed by atoms with Gasteiger partial charge in [-0.1, -0.05) is 0 Å². The Morgan fingerprint density at radius 1 is 1.44 bits per heavy atom. The predicted molar refractivity (Wildman–Crippen MR) is 63.1 cm³/mol. The van der Waals surface area contributed by atoms with Crippen LogP contribution in [0, 0.1) is 11.8 Å². The second-order valence-corrected chi connectivity index (χ2v) is 3.31. The van der Waals surface area contributed by atoms with E-state index in [1.54, 1.807) is 7.11 Å². The summed E-state index contributed by atoms with van der Waals surface area (Å²) in [5, 5.41) is 11.3. The van der Waals surface area contributed by atoms with Gasteiger partial charge in [-0.25, -0.2) is 0 Å². The van der Waals surface area contributed by atoms with Crippen LogP contribution >= 0.6 is 0 Å². The maximum Gasteiger partial charge on any atom is 0.233 e. The third-order valence-corrected chi connectivity index (χ3v) is 2.31. The van der Waals surface area contributed by atoms with Crippen molar-refractivity contribution in [2.24, 2.45) is 0 Å². The molecule has 0 amide bonds. The van der Waals surface area contributed by atoms with Gasteiger partial charge in [-0.05, 0) is 26.5 Å². The molecular weight excluding hydrogens is 202 g/mol. The average molecular weight is 219 g/mol. The lowest BCUT2D eigenvalue weighted by Gasteiger charge is -2.13. The van der Waals surface area contributed by atoms with E-state index in [9.17, 15) is 0 Å². The van der Waals surface area contributed by atoms with Crippen molar-refractivity contribution in [3.05, 3.63) is 17.8 Å². The highest BCUT2D eigenvalue weighted by Crippen LogP contribution is 2.16. The summed E-state index contributed by atoms with van der Waals surface area (Å²) in [6.07, 6.45) is 1.79. The zero-order valence-electron chi connectivity index (χ0n) is 9.95. The Bertz CT molecular complexity index is 364. The topological polar surface area (TPSA) is 47.0 Å². The van der Waals surface area contributed by atoms with Crippen LogP contribution < -0.4 is 10.1 Å². The number of hydrogen-bond acceptors (Lipinski definition) is 4. The zero-order valence-corrected chi connectivity index (χ0v) is 9.95. The number of hydrogen-bond donors (Lipinski definition) is 1. The number of rotatable bonds is 5. The third kappa shape index (κ3) is 3.52. The summed E-state index contributed by atoms with van der Waals surface area (Å²) in [4.78, 5) is 0. The van der Waals surface area contributed by atoms with Crippen molar-refractivity contribution in [3.63, 3.8) is 0 Å². The summed E-state index contributed by atoms with van der Waals surface area (Å²) in [6.45, 7) is 1.85. The Morgan fingerprint density at radius 3 is 2.75 bits per heavy atom. The minimum Gasteiger partial charge on any atom is -0.480 e. The normalized spacial score (nSPS) is 11.4. The van der Waals surface area contributed by atoms with Crippen molar-refractivity contribution in [2.75, 3.05) is 14.2 Å². The first-order valence-electron chi connectivity index (χ1n) is 5.26. The van der Waals surface area contributed by atoms with E-state index in [1.165, 1.54) is 0 Å². The molecule has 0 saturated carbocycles. The number of ether oxygens (including phenoxy) is 1. The molecule has 86 valence electrons. The molecule has 0 aliphatic rings. The molecule has 4 nitrogen and oxygen atoms in total. The van der Waals surface area contributed by atoms with Crippen LogP contribution in [-0.4, -0.2) is 24.4 Å². The molecule has 0 radical (unpaired) electrons. The summed E-state index contributed by atoms with van der Waals surface area (Å²) in [5.41, 5.74) is 0.918. The molecule has 1 rings (SSSR count). The summed E-state index contributed by atoms with van der Waals surface area (Å²) in [7, 11) is 3.49. The van der Waals surface area contributed by atoms with Crippen molar-refractivity contribution >= 4 is 0 Å². The Labute approximate surface area is 96.4 Å². The van der Waals surface area contributed by atoms with Crippen molar-refractivity contribution in [1.82, 2.24) is 15.5 Å². The van der Waals surface area contributed by atoms with Gasteiger partial charge in [0.05, 0.1) is 18.8 Å². The molecule has 4 heteroatoms. The average Bonchev–Trinajstić information content (AvgIpc) is 2.35. The molecule has 0 saturated heterocycles. The molecule has 16 heavy (non-hydrogen) atoms. The van der Waals surface area contributed by atoms with Crippen LogP contribution in [0.3, 0.4) is 0 Å². The standard InChI is InChI=1S/C12H17N3O/c1-4-5-6-7-10(13-2)11-8-9-12(16-3)15-14-11/h8-10,13H,6-7H2,1-3H3. The number of nitrogens with zero attached hydrogens (tertiary/aromatic N) is 2. The summed E-state index contributed by atoms with van der Waals surface area (Å²) in [5.74, 6) is 6.46. The highest BCUT2D eigenvalue weighted by atomic mass is 16.5. The van der Waals surface area contributed by atoms with E-state index in [2.05, 4.69) is 27.4 Å². The number of aromatic nitrogens is 2. The van der Waals surface area contributed by atoms with E-state index in [1.807, 2.05) is 26.1 Å². The second kappa shape index (κ2) is 6.81. The fourth-order valence-corrected chi connectivity index (χ4v) is 1.41. The van der Waals surface area contributed by atoms with E-state index in [-0.39, 0.29) is 6.04 Å². The van der Waals surface area contributed by atoms with Gasteiger partial charge in [-0.3, -0.25) is 0 Å². The van der Waals surface area contributed by atoms with Gasteiger partial charge in [0.2, 0.25) is 5.88 Å². The van der Waals surface area contributed by atoms with Gasteiger partial charge in [0, 0.05) is 12.5 Å². The molecule has 0 aliphatic heterocycles. The van der Waals surface area contributed by atoms with E-state index in [0.717, 1.165) is 18.5 Å². The monoisotopic (exact) mass is 219 g/mol. The lowest BCUT2D eigenvalue weighted by molar-refractivity contribution is 0.389. The zero-order chi connectivity index (χ0) is 11.8. The van der Waals surface area contributed by atoms with Crippen molar-refractivity contribution in [3.8, 4) is 17.7 Å². The molecule has 1 unspecified atom stereocenters. The fraction of sp³-hybridized carbons (Fsp3) is 0.500. The maximum absolute atomic E-state index is 4.96. The Balaban J connectivity index is 2.65. The molecule has 0 aliphatic carbocycles. The molecule has 0 spiro atoms. The number of nitrogens with one attached hydrogen (secondary N) is 1. The van der Waals surface area contributed by atoms with Crippen LogP contribution in [-0.2, 0) is 0 Å². The lowest BCUT2D eigenvalue weighted by atomic mass is 10.1. The lowest BCUT2D eigenvalue weighted by Crippen LogP contribution is -2.17. The smallest absolute Gasteiger partial charge is 0.233 e. The van der Waals surface area contributed by atoms with Crippen molar-refractivity contribution in [1.29, 1.82) is 0 Å². The van der Waals surface area contributed by atoms with Gasteiger partial charge in [0.1, 0.15) is 0 Å². The largest absolute Gasteiger partial charge is 0.480 e. The molecule has 1 aromatic heterocycles. The molecule has 0 fully saturated rings. The SMILES string of the molecule is CC#CCCC(NC)c1ccc(OC)nn1. The molecule has 0 aromatic carbocycles. The van der Waals surface area contributed by atoms with E-state index >= 15 is 0 Å². The van der Waals surface area contributed by atoms with Gasteiger partial charge in [0.25, 0.3) is 0 Å². The van der Waals surface area contributed by atoms with Crippen molar-refractivity contribution < 1.29 is 4.74 Å². The van der Waals surface area contributed by atoms with Gasteiger partial charge >= 0.3 is 0 Å². The first-order valence-corrected chi connectivity index (χ1v) is 5.26. The first kappa shape index (κ1) is 12.5. The minimum atomic E-state index is 0.194. The van der Waals surface area contributed by atoms with Gasteiger partial charge in [0.15, 0.2) is 0 Å². The Morgan fingerprint density at radius 2 is 2.25 bits per heavy atom. The third-order valence-electron chi connectivity index (χ3n) is 2.31. The summed E-state index contributed by atoms with van der Waals surface area (Å²) >= 11 is 0. The molecular formula is C12H17N3O. The van der Waals surface area contributed by atoms with Crippen LogP contribution in [0.5, 0.6) is 5.88 Å². The molecule has 1 heterocycles. The van der Waals surface area contributed by atoms with E-state index < -0.39 is 0 Å². The summed E-state index contributed by atoms with van der Waals surface area (Å²) in [6, 6.07) is 3.93. The second-order valence-electron chi connectivity index (χ2n) is 3.31. The van der Waals surface area contributed by atoms with Crippen LogP contribution in [0.1, 0.15) is 31.5 Å². The van der Waals surface area contributed by atoms with Crippen LogP contribution in [0.4, 0.5) is 0 Å². The van der Waals surface area contributed by atoms with Crippen molar-refractivity contribution in [2.45, 2.75) is 25.8 Å². The fourth-order valence-electron chi connectivity index (χ4n) is 1.41. The van der Waals surface area contributed by atoms with E-state index in [0.29, 0.717) is 5.88 Å². The molecule has 1 aromatic rings. The number of methoxy groups -OCH3 is 1. The maximum atomic E-state index is 4.96. The summed E-state index contributed by atoms with van der Waals surface area (Å²) < 4.78 is 4.96. The molecule has 1 N–H and O–H groups in total. The quantitative estimate of drug-likeness (QED) is 0.763. The molecule has 0 bridgehead atoms. The first-order chi connectivity index (χ1) is 7.81. The Kier molecular flexibility index (Phi) is 5.30. The minimum absolute atomic E-state index is 0.194. The van der Waals surface area contributed by atoms with Crippen LogP contribution in [0.25, 0.3) is 0 Å². The van der Waals surface area contributed by atoms with Gasteiger partial charge in [-0.15, -0.1) is 16.9 Å². The molecule has 1 atom stereocenters. The highest BCUT2D eigenvalue weighted by Gasteiger charge is 2.10. The van der Waals surface area contributed by atoms with Gasteiger partial charge < -0.3 is 10.1 Å². The van der Waals surface area contributed by atoms with Crippen LogP contribution in [0.15, 0.2) is 12.1 Å². The van der Waals surface area contributed by atoms with E-state index in [4.69, 9.17) is 4.74 Å². The van der Waals surface area contributed by atoms with Crippen LogP contribution in [0.2, 0.25) is 0 Å². The van der Waals surface area contributed by atoms with Gasteiger partial charge in [-0.2, -0.15) is 5.10 Å². The Hall–Kier alpha value is -1.60. The highest BCUT2D eigenvalue weighted by molar-refractivity contribution is 5.14.